The van der Waals surface area contributed by atoms with Gasteiger partial charge in [0, 0.05) is 39.6 Å². The summed E-state index contributed by atoms with van der Waals surface area (Å²) in [5, 5.41) is 4.98. The first-order valence-corrected chi connectivity index (χ1v) is 11.5. The minimum absolute atomic E-state index is 0.149. The predicted octanol–water partition coefficient (Wildman–Crippen LogP) is -0.221. The first-order valence-electron chi connectivity index (χ1n) is 10.2. The molecule has 0 aromatic carbocycles. The number of imide groups is 1. The highest BCUT2D eigenvalue weighted by Crippen LogP contribution is 2.23. The molecule has 0 saturated carbocycles. The van der Waals surface area contributed by atoms with Gasteiger partial charge in [0.25, 0.3) is 0 Å². The van der Waals surface area contributed by atoms with Crippen LogP contribution in [-0.4, -0.2) is 107 Å². The lowest BCUT2D eigenvalue weighted by molar-refractivity contribution is -0.138. The average molecular weight is 464 g/mol. The van der Waals surface area contributed by atoms with Gasteiger partial charge in [-0.3, -0.25) is 19.3 Å². The summed E-state index contributed by atoms with van der Waals surface area (Å²) in [6.07, 6.45) is 2.21. The van der Waals surface area contributed by atoms with Crippen LogP contribution >= 0.6 is 11.8 Å². The molecular formula is C19H33N3O8S. The summed E-state index contributed by atoms with van der Waals surface area (Å²) < 4.78 is 20.2. The van der Waals surface area contributed by atoms with Crippen LogP contribution in [0.3, 0.4) is 0 Å². The number of methoxy groups -OCH3 is 1. The van der Waals surface area contributed by atoms with Crippen LogP contribution in [0.5, 0.6) is 0 Å². The van der Waals surface area contributed by atoms with Gasteiger partial charge in [-0.25, -0.2) is 4.79 Å². The standard InChI is InChI=1S/C19H33N3O8S/c1-27-10-13-30-19(26)21-6-9-29-12-11-28-8-5-20-16(23)4-3-7-22-17(24)14-15(31-2)18(22)25/h15H,3-14H2,1-2H3,(H,20,23)(H,21,26). The van der Waals surface area contributed by atoms with E-state index in [1.54, 1.807) is 0 Å². The predicted molar refractivity (Wildman–Crippen MR) is 114 cm³/mol. The summed E-state index contributed by atoms with van der Waals surface area (Å²) in [6.45, 7) is 2.92. The molecule has 2 N–H and O–H groups in total. The van der Waals surface area contributed by atoms with Gasteiger partial charge >= 0.3 is 6.09 Å². The molecule has 1 aliphatic rings. The summed E-state index contributed by atoms with van der Waals surface area (Å²) in [5.74, 6) is -0.478. The second-order valence-corrected chi connectivity index (χ2v) is 7.59. The molecule has 1 atom stereocenters. The number of hydrogen-bond acceptors (Lipinski definition) is 9. The van der Waals surface area contributed by atoms with Crippen LogP contribution in [-0.2, 0) is 33.3 Å². The van der Waals surface area contributed by atoms with E-state index in [0.717, 1.165) is 0 Å². The van der Waals surface area contributed by atoms with E-state index in [2.05, 4.69) is 10.6 Å². The topological polar surface area (TPSA) is 132 Å². The number of carbonyl (C=O) groups is 4. The van der Waals surface area contributed by atoms with Crippen LogP contribution in [0.2, 0.25) is 0 Å². The molecule has 1 unspecified atom stereocenters. The summed E-state index contributed by atoms with van der Waals surface area (Å²) in [7, 11) is 1.52. The number of hydrogen-bond donors (Lipinski definition) is 2. The fourth-order valence-electron chi connectivity index (χ4n) is 2.64. The van der Waals surface area contributed by atoms with Crippen LogP contribution < -0.4 is 10.6 Å². The van der Waals surface area contributed by atoms with Crippen molar-refractivity contribution in [3.63, 3.8) is 0 Å². The molecule has 0 aromatic rings. The first kappa shape index (κ1) is 27.1. The van der Waals surface area contributed by atoms with Gasteiger partial charge in [-0.05, 0) is 12.7 Å². The molecule has 0 aromatic heterocycles. The maximum atomic E-state index is 12.0. The van der Waals surface area contributed by atoms with Gasteiger partial charge in [0.2, 0.25) is 17.7 Å². The number of rotatable bonds is 17. The fourth-order valence-corrected chi connectivity index (χ4v) is 3.27. The van der Waals surface area contributed by atoms with Crippen molar-refractivity contribution in [2.75, 3.05) is 72.6 Å². The smallest absolute Gasteiger partial charge is 0.407 e. The fraction of sp³-hybridized carbons (Fsp3) is 0.789. The highest BCUT2D eigenvalue weighted by Gasteiger charge is 2.37. The monoisotopic (exact) mass is 463 g/mol. The quantitative estimate of drug-likeness (QED) is 0.222. The molecule has 0 aliphatic carbocycles. The average Bonchev–Trinajstić information content (AvgIpc) is 3.02. The Morgan fingerprint density at radius 3 is 2.32 bits per heavy atom. The van der Waals surface area contributed by atoms with E-state index >= 15 is 0 Å². The number of carbonyl (C=O) groups excluding carboxylic acids is 4. The van der Waals surface area contributed by atoms with Gasteiger partial charge in [0.05, 0.1) is 38.3 Å². The number of thioether (sulfide) groups is 1. The Bertz CT molecular complexity index is 578. The van der Waals surface area contributed by atoms with Gasteiger partial charge in [0.15, 0.2) is 0 Å². The first-order chi connectivity index (χ1) is 15.0. The normalized spacial score (nSPS) is 15.9. The zero-order valence-electron chi connectivity index (χ0n) is 18.2. The molecule has 178 valence electrons. The van der Waals surface area contributed by atoms with Crippen LogP contribution in [0.15, 0.2) is 0 Å². The van der Waals surface area contributed by atoms with Crippen molar-refractivity contribution in [3.05, 3.63) is 0 Å². The maximum Gasteiger partial charge on any atom is 0.407 e. The lowest BCUT2D eigenvalue weighted by Crippen LogP contribution is -2.33. The summed E-state index contributed by atoms with van der Waals surface area (Å²) in [5.41, 5.74) is 0. The molecule has 1 aliphatic heterocycles. The van der Waals surface area contributed by atoms with Crippen molar-refractivity contribution >= 4 is 35.6 Å². The minimum atomic E-state index is -0.518. The maximum absolute atomic E-state index is 12.0. The van der Waals surface area contributed by atoms with E-state index in [0.29, 0.717) is 52.5 Å². The van der Waals surface area contributed by atoms with Crippen LogP contribution in [0.4, 0.5) is 4.79 Å². The Hall–Kier alpha value is -1.89. The number of nitrogens with zero attached hydrogens (tertiary/aromatic N) is 1. The Morgan fingerprint density at radius 1 is 1.03 bits per heavy atom. The molecule has 1 rings (SSSR count). The van der Waals surface area contributed by atoms with Gasteiger partial charge < -0.3 is 29.6 Å². The number of amides is 4. The molecule has 0 spiro atoms. The van der Waals surface area contributed by atoms with E-state index in [4.69, 9.17) is 18.9 Å². The third-order valence-electron chi connectivity index (χ3n) is 4.25. The zero-order chi connectivity index (χ0) is 22.9. The Balaban J connectivity index is 1.90. The molecule has 0 bridgehead atoms. The van der Waals surface area contributed by atoms with Crippen molar-refractivity contribution in [1.82, 2.24) is 15.5 Å². The van der Waals surface area contributed by atoms with Crippen molar-refractivity contribution in [1.29, 1.82) is 0 Å². The molecule has 12 heteroatoms. The van der Waals surface area contributed by atoms with Crippen molar-refractivity contribution in [2.24, 2.45) is 0 Å². The number of nitrogens with one attached hydrogen (secondary N) is 2. The van der Waals surface area contributed by atoms with E-state index in [1.165, 1.54) is 23.8 Å². The molecule has 1 heterocycles. The van der Waals surface area contributed by atoms with Gasteiger partial charge in [0.1, 0.15) is 6.61 Å². The minimum Gasteiger partial charge on any atom is -0.447 e. The van der Waals surface area contributed by atoms with Crippen LogP contribution in [0.25, 0.3) is 0 Å². The van der Waals surface area contributed by atoms with E-state index in [1.807, 2.05) is 6.26 Å². The van der Waals surface area contributed by atoms with E-state index in [-0.39, 0.29) is 49.0 Å². The summed E-state index contributed by atoms with van der Waals surface area (Å²) in [4.78, 5) is 48.1. The largest absolute Gasteiger partial charge is 0.447 e. The lowest BCUT2D eigenvalue weighted by Gasteiger charge is -2.14. The summed E-state index contributed by atoms with van der Waals surface area (Å²) >= 11 is 1.38. The van der Waals surface area contributed by atoms with E-state index in [9.17, 15) is 19.2 Å². The summed E-state index contributed by atoms with van der Waals surface area (Å²) in [6, 6.07) is 0. The third kappa shape index (κ3) is 11.9. The van der Waals surface area contributed by atoms with Crippen LogP contribution in [0.1, 0.15) is 19.3 Å². The third-order valence-corrected chi connectivity index (χ3v) is 5.19. The number of likely N-dealkylation sites (tertiary alicyclic amines) is 1. The second-order valence-electron chi connectivity index (χ2n) is 6.55. The Labute approximate surface area is 186 Å². The number of alkyl carbamates (subject to hydrolysis) is 1. The Morgan fingerprint density at radius 2 is 1.71 bits per heavy atom. The lowest BCUT2D eigenvalue weighted by atomic mass is 10.3. The molecular weight excluding hydrogens is 430 g/mol. The Kier molecular flexibility index (Phi) is 14.7. The van der Waals surface area contributed by atoms with Gasteiger partial charge in [-0.15, -0.1) is 0 Å². The molecule has 1 fully saturated rings. The van der Waals surface area contributed by atoms with Crippen molar-refractivity contribution < 1.29 is 38.1 Å². The van der Waals surface area contributed by atoms with Crippen molar-refractivity contribution in [3.8, 4) is 0 Å². The van der Waals surface area contributed by atoms with Crippen molar-refractivity contribution in [2.45, 2.75) is 24.5 Å². The van der Waals surface area contributed by atoms with Gasteiger partial charge in [-0.2, -0.15) is 11.8 Å². The second kappa shape index (κ2) is 16.8. The molecule has 31 heavy (non-hydrogen) atoms. The highest BCUT2D eigenvalue weighted by molar-refractivity contribution is 8.00. The van der Waals surface area contributed by atoms with Crippen LogP contribution in [0, 0.1) is 0 Å². The van der Waals surface area contributed by atoms with Gasteiger partial charge in [-0.1, -0.05) is 0 Å². The molecule has 0 radical (unpaired) electrons. The number of ether oxygens (including phenoxy) is 4. The SMILES string of the molecule is COCCOC(=O)NCCOCCOCCNC(=O)CCCN1C(=O)CC(SC)C1=O. The molecule has 11 nitrogen and oxygen atoms in total. The molecule has 4 amide bonds. The van der Waals surface area contributed by atoms with E-state index < -0.39 is 6.09 Å². The highest BCUT2D eigenvalue weighted by atomic mass is 32.2. The molecule has 1 saturated heterocycles. The zero-order valence-corrected chi connectivity index (χ0v) is 19.0.